The minimum Gasteiger partial charge on any atom is -0.490 e. The van der Waals surface area contributed by atoms with Crippen LogP contribution in [0.1, 0.15) is 36.2 Å². The Hall–Kier alpha value is -2.73. The van der Waals surface area contributed by atoms with E-state index in [9.17, 15) is 9.59 Å². The van der Waals surface area contributed by atoms with E-state index >= 15 is 0 Å². The summed E-state index contributed by atoms with van der Waals surface area (Å²) in [5, 5.41) is 2.80. The van der Waals surface area contributed by atoms with Crippen molar-refractivity contribution >= 4 is 23.5 Å². The van der Waals surface area contributed by atoms with Crippen LogP contribution in [0.25, 0.3) is 0 Å². The number of benzene rings is 2. The molecule has 0 aromatic heterocycles. The molecule has 2 aromatic rings. The number of ether oxygens (including phenoxy) is 3. The van der Waals surface area contributed by atoms with Crippen molar-refractivity contribution in [1.82, 2.24) is 5.32 Å². The fourth-order valence-corrected chi connectivity index (χ4v) is 2.62. The van der Waals surface area contributed by atoms with Gasteiger partial charge in [-0.25, -0.2) is 0 Å². The number of nitrogens with one attached hydrogen (secondary N) is 1. The highest BCUT2D eigenvalue weighted by Gasteiger charge is 2.17. The Morgan fingerprint density at radius 1 is 1.07 bits per heavy atom. The lowest BCUT2D eigenvalue weighted by Crippen LogP contribution is -2.30. The molecule has 0 heterocycles. The van der Waals surface area contributed by atoms with Gasteiger partial charge in [-0.2, -0.15) is 0 Å². The highest BCUT2D eigenvalue weighted by Crippen LogP contribution is 2.36. The first kappa shape index (κ1) is 21.6. The summed E-state index contributed by atoms with van der Waals surface area (Å²) in [7, 11) is 0. The van der Waals surface area contributed by atoms with Gasteiger partial charge < -0.3 is 19.5 Å². The Morgan fingerprint density at radius 2 is 1.82 bits per heavy atom. The van der Waals surface area contributed by atoms with E-state index in [0.29, 0.717) is 24.7 Å². The van der Waals surface area contributed by atoms with Crippen molar-refractivity contribution in [2.24, 2.45) is 0 Å². The van der Waals surface area contributed by atoms with Crippen LogP contribution in [-0.4, -0.2) is 31.6 Å². The van der Waals surface area contributed by atoms with Gasteiger partial charge in [-0.1, -0.05) is 48.9 Å². The second-order valence-electron chi connectivity index (χ2n) is 5.90. The Bertz CT molecular complexity index is 795. The Morgan fingerprint density at radius 3 is 2.50 bits per heavy atom. The van der Waals surface area contributed by atoms with Gasteiger partial charge in [0.1, 0.15) is 13.2 Å². The van der Waals surface area contributed by atoms with E-state index in [2.05, 4.69) is 5.32 Å². The molecule has 2 aromatic carbocycles. The summed E-state index contributed by atoms with van der Waals surface area (Å²) < 4.78 is 16.3. The maximum Gasteiger partial charge on any atom is 0.325 e. The lowest BCUT2D eigenvalue weighted by atomic mass is 10.2. The number of carbonyl (C=O) groups is 2. The van der Waals surface area contributed by atoms with Crippen molar-refractivity contribution < 1.29 is 23.8 Å². The van der Waals surface area contributed by atoms with Gasteiger partial charge in [0.05, 0.1) is 18.2 Å². The highest BCUT2D eigenvalue weighted by atomic mass is 35.5. The zero-order chi connectivity index (χ0) is 20.4. The lowest BCUT2D eigenvalue weighted by Gasteiger charge is -2.15. The van der Waals surface area contributed by atoms with E-state index in [1.54, 1.807) is 6.07 Å². The standard InChI is InChI=1S/C21H24ClNO5/c1-3-10-27-20-17(22)11-16(12-18(20)26-4-2)21(25)23-13-19(24)28-14-15-8-6-5-7-9-15/h5-9,11-12H,3-4,10,13-14H2,1-2H3,(H,23,25). The van der Waals surface area contributed by atoms with Crippen LogP contribution < -0.4 is 14.8 Å². The third kappa shape index (κ3) is 6.46. The monoisotopic (exact) mass is 405 g/mol. The molecule has 0 radical (unpaired) electrons. The number of rotatable bonds is 10. The normalized spacial score (nSPS) is 10.2. The van der Waals surface area contributed by atoms with E-state index in [0.717, 1.165) is 12.0 Å². The Kier molecular flexibility index (Phi) is 8.62. The summed E-state index contributed by atoms with van der Waals surface area (Å²) >= 11 is 6.25. The number of esters is 1. The van der Waals surface area contributed by atoms with Crippen molar-refractivity contribution in [3.05, 3.63) is 58.6 Å². The molecule has 0 saturated carbocycles. The minimum atomic E-state index is -0.531. The molecular formula is C21H24ClNO5. The molecule has 0 bridgehead atoms. The van der Waals surface area contributed by atoms with Gasteiger partial charge in [0, 0.05) is 5.56 Å². The number of hydrogen-bond acceptors (Lipinski definition) is 5. The van der Waals surface area contributed by atoms with Crippen LogP contribution in [0.15, 0.2) is 42.5 Å². The third-order valence-electron chi connectivity index (χ3n) is 3.66. The van der Waals surface area contributed by atoms with E-state index in [1.807, 2.05) is 44.2 Å². The van der Waals surface area contributed by atoms with Gasteiger partial charge in [-0.05, 0) is 31.0 Å². The summed E-state index contributed by atoms with van der Waals surface area (Å²) in [5.74, 6) is -0.192. The van der Waals surface area contributed by atoms with Gasteiger partial charge >= 0.3 is 5.97 Å². The van der Waals surface area contributed by atoms with Gasteiger partial charge in [0.15, 0.2) is 11.5 Å². The first-order chi connectivity index (χ1) is 13.5. The molecule has 150 valence electrons. The molecule has 1 amide bonds. The second kappa shape index (κ2) is 11.2. The van der Waals surface area contributed by atoms with Gasteiger partial charge in [-0.3, -0.25) is 9.59 Å². The summed E-state index contributed by atoms with van der Waals surface area (Å²) in [4.78, 5) is 24.2. The van der Waals surface area contributed by atoms with Crippen LogP contribution in [0.5, 0.6) is 11.5 Å². The minimum absolute atomic E-state index is 0.152. The lowest BCUT2D eigenvalue weighted by molar-refractivity contribution is -0.143. The topological polar surface area (TPSA) is 73.9 Å². The Labute approximate surface area is 169 Å². The summed E-state index contributed by atoms with van der Waals surface area (Å²) in [5.41, 5.74) is 1.14. The molecule has 0 spiro atoms. The van der Waals surface area contributed by atoms with Crippen molar-refractivity contribution in [3.63, 3.8) is 0 Å². The number of hydrogen-bond donors (Lipinski definition) is 1. The molecule has 0 aliphatic heterocycles. The van der Waals surface area contributed by atoms with Crippen LogP contribution in [0.2, 0.25) is 5.02 Å². The predicted octanol–water partition coefficient (Wildman–Crippen LogP) is 4.00. The second-order valence-corrected chi connectivity index (χ2v) is 6.30. The average molecular weight is 406 g/mol. The SMILES string of the molecule is CCCOc1c(Cl)cc(C(=O)NCC(=O)OCc2ccccc2)cc1OCC. The number of carbonyl (C=O) groups excluding carboxylic acids is 2. The fraction of sp³-hybridized carbons (Fsp3) is 0.333. The molecule has 1 N–H and O–H groups in total. The van der Waals surface area contributed by atoms with E-state index in [1.165, 1.54) is 6.07 Å². The van der Waals surface area contributed by atoms with Crippen molar-refractivity contribution in [1.29, 1.82) is 0 Å². The fourth-order valence-electron chi connectivity index (χ4n) is 2.35. The summed E-state index contributed by atoms with van der Waals surface area (Å²) in [6.45, 7) is 4.59. The van der Waals surface area contributed by atoms with Crippen molar-refractivity contribution in [2.75, 3.05) is 19.8 Å². The van der Waals surface area contributed by atoms with Crippen LogP contribution >= 0.6 is 11.6 Å². The highest BCUT2D eigenvalue weighted by molar-refractivity contribution is 6.32. The molecule has 0 unspecified atom stereocenters. The van der Waals surface area contributed by atoms with Crippen molar-refractivity contribution in [3.8, 4) is 11.5 Å². The maximum absolute atomic E-state index is 12.4. The molecule has 0 aliphatic carbocycles. The van der Waals surface area contributed by atoms with Crippen molar-refractivity contribution in [2.45, 2.75) is 26.9 Å². The maximum atomic E-state index is 12.4. The van der Waals surface area contributed by atoms with Gasteiger partial charge in [-0.15, -0.1) is 0 Å². The molecule has 7 heteroatoms. The van der Waals surface area contributed by atoms with Gasteiger partial charge in [0.25, 0.3) is 5.91 Å². The molecule has 28 heavy (non-hydrogen) atoms. The van der Waals surface area contributed by atoms with E-state index in [4.69, 9.17) is 25.8 Å². The van der Waals surface area contributed by atoms with E-state index in [-0.39, 0.29) is 23.7 Å². The molecule has 0 saturated heterocycles. The third-order valence-corrected chi connectivity index (χ3v) is 3.94. The van der Waals surface area contributed by atoms with Gasteiger partial charge in [0.2, 0.25) is 0 Å². The average Bonchev–Trinajstić information content (AvgIpc) is 2.70. The zero-order valence-corrected chi connectivity index (χ0v) is 16.8. The smallest absolute Gasteiger partial charge is 0.325 e. The first-order valence-electron chi connectivity index (χ1n) is 9.12. The molecular weight excluding hydrogens is 382 g/mol. The quantitative estimate of drug-likeness (QED) is 0.605. The largest absolute Gasteiger partial charge is 0.490 e. The molecule has 2 rings (SSSR count). The zero-order valence-electron chi connectivity index (χ0n) is 16.0. The van der Waals surface area contributed by atoms with Crippen LogP contribution in [0.3, 0.4) is 0 Å². The van der Waals surface area contributed by atoms with Crippen LogP contribution in [-0.2, 0) is 16.1 Å². The first-order valence-corrected chi connectivity index (χ1v) is 9.49. The molecule has 0 atom stereocenters. The van der Waals surface area contributed by atoms with E-state index < -0.39 is 11.9 Å². The van der Waals surface area contributed by atoms with Crippen LogP contribution in [0, 0.1) is 0 Å². The molecule has 0 fully saturated rings. The molecule has 0 aliphatic rings. The Balaban J connectivity index is 1.96. The molecule has 6 nitrogen and oxygen atoms in total. The number of halogens is 1. The van der Waals surface area contributed by atoms with Crippen LogP contribution in [0.4, 0.5) is 0 Å². The summed E-state index contributed by atoms with van der Waals surface area (Å²) in [6, 6.07) is 12.3. The predicted molar refractivity (Wildman–Crippen MR) is 107 cm³/mol. The number of amides is 1. The summed E-state index contributed by atoms with van der Waals surface area (Å²) in [6.07, 6.45) is 0.815.